The molecule has 0 bridgehead atoms. The van der Waals surface area contributed by atoms with Gasteiger partial charge in [0.1, 0.15) is 11.3 Å². The van der Waals surface area contributed by atoms with Gasteiger partial charge in [0.2, 0.25) is 0 Å². The molecule has 2 aromatic heterocycles. The lowest BCUT2D eigenvalue weighted by Gasteiger charge is -2.17. The monoisotopic (exact) mass is 307 g/mol. The Morgan fingerprint density at radius 3 is 2.81 bits per heavy atom. The Morgan fingerprint density at radius 1 is 1.33 bits per heavy atom. The Bertz CT molecular complexity index is 577. The molecule has 2 heterocycles. The molecule has 1 unspecified atom stereocenters. The van der Waals surface area contributed by atoms with Crippen LogP contribution < -0.4 is 0 Å². The van der Waals surface area contributed by atoms with Gasteiger partial charge in [0.25, 0.3) is 0 Å². The van der Waals surface area contributed by atoms with Crippen LogP contribution in [0.15, 0.2) is 12.3 Å². The summed E-state index contributed by atoms with van der Waals surface area (Å²) in [6.45, 7) is 7.64. The van der Waals surface area contributed by atoms with E-state index in [2.05, 4.69) is 30.3 Å². The topological polar surface area (TPSA) is 30.7 Å². The molecule has 0 aromatic carbocycles. The summed E-state index contributed by atoms with van der Waals surface area (Å²) in [5, 5.41) is 0. The van der Waals surface area contributed by atoms with Crippen molar-refractivity contribution in [2.45, 2.75) is 59.4 Å². The highest BCUT2D eigenvalue weighted by atomic mass is 35.5. The van der Waals surface area contributed by atoms with Crippen LogP contribution in [0.4, 0.5) is 0 Å². The zero-order valence-corrected chi connectivity index (χ0v) is 14.2. The number of unbranched alkanes of at least 4 members (excludes halogenated alkanes) is 1. The Morgan fingerprint density at radius 2 is 2.14 bits per heavy atom. The Labute approximate surface area is 132 Å². The highest BCUT2D eigenvalue weighted by Gasteiger charge is 2.16. The van der Waals surface area contributed by atoms with Gasteiger partial charge in [-0.05, 0) is 30.9 Å². The molecule has 2 aromatic rings. The molecular formula is C17H26ClN3. The highest BCUT2D eigenvalue weighted by Crippen LogP contribution is 2.22. The molecule has 4 heteroatoms. The fourth-order valence-corrected chi connectivity index (χ4v) is 3.00. The van der Waals surface area contributed by atoms with Gasteiger partial charge in [-0.25, -0.2) is 9.97 Å². The van der Waals surface area contributed by atoms with E-state index in [4.69, 9.17) is 16.6 Å². The molecular weight excluding hydrogens is 282 g/mol. The maximum absolute atomic E-state index is 5.96. The van der Waals surface area contributed by atoms with Gasteiger partial charge in [-0.3, -0.25) is 0 Å². The summed E-state index contributed by atoms with van der Waals surface area (Å²) in [6.07, 6.45) is 7.72. The van der Waals surface area contributed by atoms with E-state index < -0.39 is 0 Å². The van der Waals surface area contributed by atoms with Crippen LogP contribution >= 0.6 is 11.6 Å². The number of hydrogen-bond donors (Lipinski definition) is 0. The molecule has 116 valence electrons. The zero-order valence-electron chi connectivity index (χ0n) is 13.4. The lowest BCUT2D eigenvalue weighted by molar-refractivity contribution is 0.389. The van der Waals surface area contributed by atoms with Crippen molar-refractivity contribution in [2.75, 3.05) is 5.88 Å². The van der Waals surface area contributed by atoms with Crippen molar-refractivity contribution >= 4 is 22.8 Å². The third kappa shape index (κ3) is 3.76. The van der Waals surface area contributed by atoms with Crippen LogP contribution in [0.2, 0.25) is 0 Å². The first kappa shape index (κ1) is 16.3. The Balaban J connectivity index is 2.35. The van der Waals surface area contributed by atoms with Crippen LogP contribution in [0, 0.1) is 12.8 Å². The standard InChI is InChI=1S/C17H26ClN3/c1-4-6-7-14(5-2)12-21-15(8-10-18)20-16-13(3)9-11-19-17(16)21/h9,11,14H,4-8,10,12H2,1-3H3. The maximum Gasteiger partial charge on any atom is 0.160 e. The average molecular weight is 308 g/mol. The largest absolute Gasteiger partial charge is 0.312 e. The van der Waals surface area contributed by atoms with Crippen LogP contribution in [0.25, 0.3) is 11.2 Å². The number of aromatic nitrogens is 3. The van der Waals surface area contributed by atoms with E-state index in [-0.39, 0.29) is 0 Å². The normalized spacial score (nSPS) is 13.0. The molecule has 2 rings (SSSR count). The molecule has 0 fully saturated rings. The van der Waals surface area contributed by atoms with Crippen LogP contribution in [-0.2, 0) is 13.0 Å². The quantitative estimate of drug-likeness (QED) is 0.660. The van der Waals surface area contributed by atoms with E-state index in [1.807, 2.05) is 12.3 Å². The van der Waals surface area contributed by atoms with E-state index in [1.165, 1.54) is 31.2 Å². The van der Waals surface area contributed by atoms with E-state index in [9.17, 15) is 0 Å². The second-order valence-corrected chi connectivity index (χ2v) is 6.17. The van der Waals surface area contributed by atoms with Gasteiger partial charge >= 0.3 is 0 Å². The number of halogens is 1. The second kappa shape index (κ2) is 7.79. The number of pyridine rings is 1. The summed E-state index contributed by atoms with van der Waals surface area (Å²) in [5.74, 6) is 2.38. The third-order valence-electron chi connectivity index (χ3n) is 4.22. The number of rotatable bonds is 8. The SMILES string of the molecule is CCCCC(CC)Cn1c(CCCl)nc2c(C)ccnc21. The molecule has 0 radical (unpaired) electrons. The molecule has 21 heavy (non-hydrogen) atoms. The Kier molecular flexibility index (Phi) is 6.04. The Hall–Kier alpha value is -1.09. The molecule has 0 spiro atoms. The smallest absolute Gasteiger partial charge is 0.160 e. The fourth-order valence-electron chi connectivity index (χ4n) is 2.83. The first-order chi connectivity index (χ1) is 10.2. The summed E-state index contributed by atoms with van der Waals surface area (Å²) in [5.41, 5.74) is 3.24. The summed E-state index contributed by atoms with van der Waals surface area (Å²) in [6, 6.07) is 2.03. The average Bonchev–Trinajstić information content (AvgIpc) is 2.83. The van der Waals surface area contributed by atoms with Crippen LogP contribution in [0.1, 0.15) is 50.9 Å². The number of hydrogen-bond acceptors (Lipinski definition) is 2. The maximum atomic E-state index is 5.96. The van der Waals surface area contributed by atoms with E-state index >= 15 is 0 Å². The van der Waals surface area contributed by atoms with Crippen molar-refractivity contribution in [1.82, 2.24) is 14.5 Å². The number of fused-ring (bicyclic) bond motifs is 1. The van der Waals surface area contributed by atoms with Crippen molar-refractivity contribution < 1.29 is 0 Å². The number of imidazole rings is 1. The lowest BCUT2D eigenvalue weighted by atomic mass is 9.99. The second-order valence-electron chi connectivity index (χ2n) is 5.79. The van der Waals surface area contributed by atoms with Gasteiger partial charge in [0, 0.05) is 25.0 Å². The van der Waals surface area contributed by atoms with Crippen molar-refractivity contribution in [2.24, 2.45) is 5.92 Å². The predicted octanol–water partition coefficient (Wildman–Crippen LogP) is 4.74. The van der Waals surface area contributed by atoms with Gasteiger partial charge < -0.3 is 4.57 Å². The van der Waals surface area contributed by atoms with E-state index in [1.54, 1.807) is 0 Å². The first-order valence-corrected chi connectivity index (χ1v) is 8.61. The van der Waals surface area contributed by atoms with Crippen LogP contribution in [-0.4, -0.2) is 20.4 Å². The van der Waals surface area contributed by atoms with Gasteiger partial charge in [0.15, 0.2) is 5.65 Å². The molecule has 1 atom stereocenters. The summed E-state index contributed by atoms with van der Waals surface area (Å²) >= 11 is 5.96. The zero-order chi connectivity index (χ0) is 15.2. The molecule has 0 N–H and O–H groups in total. The molecule has 0 saturated carbocycles. The lowest BCUT2D eigenvalue weighted by Crippen LogP contribution is -2.13. The van der Waals surface area contributed by atoms with Gasteiger partial charge in [-0.1, -0.05) is 33.1 Å². The summed E-state index contributed by atoms with van der Waals surface area (Å²) in [7, 11) is 0. The van der Waals surface area contributed by atoms with Gasteiger partial charge in [-0.2, -0.15) is 0 Å². The molecule has 0 aliphatic carbocycles. The predicted molar refractivity (Wildman–Crippen MR) is 90.0 cm³/mol. The molecule has 0 aliphatic heterocycles. The fraction of sp³-hybridized carbons (Fsp3) is 0.647. The van der Waals surface area contributed by atoms with Crippen molar-refractivity contribution in [1.29, 1.82) is 0 Å². The van der Waals surface area contributed by atoms with Gasteiger partial charge in [-0.15, -0.1) is 11.6 Å². The van der Waals surface area contributed by atoms with Crippen LogP contribution in [0.3, 0.4) is 0 Å². The molecule has 0 amide bonds. The van der Waals surface area contributed by atoms with E-state index in [0.29, 0.717) is 11.8 Å². The third-order valence-corrected chi connectivity index (χ3v) is 4.41. The molecule has 3 nitrogen and oxygen atoms in total. The number of aryl methyl sites for hydroxylation is 2. The van der Waals surface area contributed by atoms with Crippen molar-refractivity contribution in [3.63, 3.8) is 0 Å². The first-order valence-electron chi connectivity index (χ1n) is 8.07. The van der Waals surface area contributed by atoms with Crippen molar-refractivity contribution in [3.8, 4) is 0 Å². The minimum Gasteiger partial charge on any atom is -0.312 e. The minimum atomic E-state index is 0.605. The number of alkyl halides is 1. The summed E-state index contributed by atoms with van der Waals surface area (Å²) in [4.78, 5) is 9.36. The van der Waals surface area contributed by atoms with Crippen molar-refractivity contribution in [3.05, 3.63) is 23.7 Å². The molecule has 0 saturated heterocycles. The summed E-state index contributed by atoms with van der Waals surface area (Å²) < 4.78 is 2.30. The highest BCUT2D eigenvalue weighted by molar-refractivity contribution is 6.17. The number of nitrogens with zero attached hydrogens (tertiary/aromatic N) is 3. The minimum absolute atomic E-state index is 0.605. The van der Waals surface area contributed by atoms with Crippen LogP contribution in [0.5, 0.6) is 0 Å². The van der Waals surface area contributed by atoms with Gasteiger partial charge in [0.05, 0.1) is 0 Å². The van der Waals surface area contributed by atoms with E-state index in [0.717, 1.165) is 30.0 Å². The molecule has 0 aliphatic rings.